The highest BCUT2D eigenvalue weighted by atomic mass is 16.5. The first-order valence-corrected chi connectivity index (χ1v) is 7.00. The minimum atomic E-state index is 0.436. The number of hydrogen-bond acceptors (Lipinski definition) is 6. The average molecular weight is 268 g/mol. The Morgan fingerprint density at radius 1 is 1.32 bits per heavy atom. The zero-order valence-electron chi connectivity index (χ0n) is 12.1. The van der Waals surface area contributed by atoms with Gasteiger partial charge in [-0.25, -0.2) is 0 Å². The molecule has 2 rings (SSSR count). The normalized spacial score (nSPS) is 17.1. The van der Waals surface area contributed by atoms with Gasteiger partial charge in [-0.05, 0) is 25.3 Å². The first kappa shape index (κ1) is 14.3. The fourth-order valence-corrected chi connectivity index (χ4v) is 2.16. The molecule has 6 heteroatoms. The minimum Gasteiger partial charge on any atom is -0.407 e. The van der Waals surface area contributed by atoms with Crippen LogP contribution in [0, 0.1) is 5.92 Å². The van der Waals surface area contributed by atoms with E-state index in [9.17, 15) is 0 Å². The van der Waals surface area contributed by atoms with Crippen molar-refractivity contribution in [3.8, 4) is 0 Å². The van der Waals surface area contributed by atoms with E-state index in [2.05, 4.69) is 34.3 Å². The van der Waals surface area contributed by atoms with Gasteiger partial charge in [0.05, 0.1) is 6.54 Å². The van der Waals surface area contributed by atoms with Gasteiger partial charge in [-0.3, -0.25) is 0 Å². The molecule has 19 heavy (non-hydrogen) atoms. The molecule has 1 N–H and O–H groups in total. The second-order valence-corrected chi connectivity index (χ2v) is 5.46. The van der Waals surface area contributed by atoms with Gasteiger partial charge in [0.2, 0.25) is 5.89 Å². The first-order valence-electron chi connectivity index (χ1n) is 7.00. The van der Waals surface area contributed by atoms with Crippen molar-refractivity contribution >= 4 is 6.01 Å². The fraction of sp³-hybridized carbons (Fsp3) is 0.846. The predicted octanol–water partition coefficient (Wildman–Crippen LogP) is 1.43. The lowest BCUT2D eigenvalue weighted by Gasteiger charge is -2.29. The third-order valence-corrected chi connectivity index (χ3v) is 3.33. The van der Waals surface area contributed by atoms with Crippen molar-refractivity contribution in [1.82, 2.24) is 15.5 Å². The number of anilines is 1. The summed E-state index contributed by atoms with van der Waals surface area (Å²) in [6.07, 6.45) is 2.03. The molecular weight excluding hydrogens is 244 g/mol. The summed E-state index contributed by atoms with van der Waals surface area (Å²) in [4.78, 5) is 2.07. The predicted molar refractivity (Wildman–Crippen MR) is 73.1 cm³/mol. The molecule has 1 fully saturated rings. The van der Waals surface area contributed by atoms with Crippen molar-refractivity contribution in [3.63, 3.8) is 0 Å². The molecule has 0 bridgehead atoms. The van der Waals surface area contributed by atoms with Crippen molar-refractivity contribution in [1.29, 1.82) is 0 Å². The van der Waals surface area contributed by atoms with Crippen LogP contribution in [-0.4, -0.2) is 43.0 Å². The smallest absolute Gasteiger partial charge is 0.318 e. The molecule has 0 amide bonds. The van der Waals surface area contributed by atoms with E-state index >= 15 is 0 Å². The van der Waals surface area contributed by atoms with E-state index in [1.165, 1.54) is 0 Å². The summed E-state index contributed by atoms with van der Waals surface area (Å²) in [6.45, 7) is 7.55. The third-order valence-electron chi connectivity index (χ3n) is 3.33. The fourth-order valence-electron chi connectivity index (χ4n) is 2.16. The average Bonchev–Trinajstić information content (AvgIpc) is 2.87. The summed E-state index contributed by atoms with van der Waals surface area (Å²) in [5, 5.41) is 11.5. The monoisotopic (exact) mass is 268 g/mol. The van der Waals surface area contributed by atoms with E-state index in [0.717, 1.165) is 32.6 Å². The maximum atomic E-state index is 5.68. The van der Waals surface area contributed by atoms with Gasteiger partial charge in [0.25, 0.3) is 0 Å². The number of nitrogens with zero attached hydrogens (tertiary/aromatic N) is 3. The summed E-state index contributed by atoms with van der Waals surface area (Å²) in [5.74, 6) is 1.27. The number of nitrogens with one attached hydrogen (secondary N) is 1. The highest BCUT2D eigenvalue weighted by Crippen LogP contribution is 2.19. The van der Waals surface area contributed by atoms with Crippen molar-refractivity contribution in [3.05, 3.63) is 5.89 Å². The van der Waals surface area contributed by atoms with Crippen LogP contribution in [0.3, 0.4) is 0 Å². The number of ether oxygens (including phenoxy) is 1. The summed E-state index contributed by atoms with van der Waals surface area (Å²) >= 11 is 0. The van der Waals surface area contributed by atoms with E-state index in [4.69, 9.17) is 9.15 Å². The molecule has 0 aliphatic carbocycles. The number of aromatic nitrogens is 2. The van der Waals surface area contributed by atoms with Crippen LogP contribution >= 0.6 is 0 Å². The maximum absolute atomic E-state index is 5.68. The van der Waals surface area contributed by atoms with Crippen molar-refractivity contribution in [2.45, 2.75) is 39.3 Å². The number of hydrogen-bond donors (Lipinski definition) is 1. The molecule has 1 aliphatic heterocycles. The van der Waals surface area contributed by atoms with Gasteiger partial charge in [-0.2, -0.15) is 0 Å². The van der Waals surface area contributed by atoms with Crippen LogP contribution < -0.4 is 10.2 Å². The van der Waals surface area contributed by atoms with E-state index in [1.54, 1.807) is 0 Å². The number of rotatable bonds is 6. The van der Waals surface area contributed by atoms with Crippen molar-refractivity contribution in [2.75, 3.05) is 31.7 Å². The van der Waals surface area contributed by atoms with Crippen LogP contribution in [-0.2, 0) is 11.3 Å². The van der Waals surface area contributed by atoms with Crippen LogP contribution in [0.5, 0.6) is 0 Å². The minimum absolute atomic E-state index is 0.436. The first-order chi connectivity index (χ1) is 9.16. The molecule has 0 spiro atoms. The Kier molecular flexibility index (Phi) is 5.15. The molecule has 0 atom stereocenters. The largest absolute Gasteiger partial charge is 0.407 e. The Balaban J connectivity index is 1.85. The topological polar surface area (TPSA) is 63.4 Å². The van der Waals surface area contributed by atoms with Gasteiger partial charge in [-0.1, -0.05) is 18.9 Å². The van der Waals surface area contributed by atoms with Gasteiger partial charge in [0, 0.05) is 26.3 Å². The molecule has 0 saturated carbocycles. The zero-order chi connectivity index (χ0) is 13.7. The van der Waals surface area contributed by atoms with Crippen LogP contribution in [0.4, 0.5) is 6.01 Å². The van der Waals surface area contributed by atoms with E-state index in [1.807, 2.05) is 7.05 Å². The van der Waals surface area contributed by atoms with Gasteiger partial charge in [0.1, 0.15) is 0 Å². The lowest BCUT2D eigenvalue weighted by Crippen LogP contribution is -2.36. The van der Waals surface area contributed by atoms with Crippen LogP contribution in [0.15, 0.2) is 4.42 Å². The SMILES string of the molecule is CC(C)CNCc1nnc(N(C)C2CCOCC2)o1. The molecule has 0 unspecified atom stereocenters. The van der Waals surface area contributed by atoms with Gasteiger partial charge >= 0.3 is 6.01 Å². The van der Waals surface area contributed by atoms with E-state index in [0.29, 0.717) is 30.4 Å². The van der Waals surface area contributed by atoms with Crippen molar-refractivity contribution < 1.29 is 9.15 Å². The van der Waals surface area contributed by atoms with E-state index in [-0.39, 0.29) is 0 Å². The van der Waals surface area contributed by atoms with Crippen LogP contribution in [0.1, 0.15) is 32.6 Å². The third kappa shape index (κ3) is 4.18. The zero-order valence-corrected chi connectivity index (χ0v) is 12.1. The summed E-state index contributed by atoms with van der Waals surface area (Å²) in [5.41, 5.74) is 0. The van der Waals surface area contributed by atoms with E-state index < -0.39 is 0 Å². The Hall–Kier alpha value is -1.14. The van der Waals surface area contributed by atoms with Crippen LogP contribution in [0.25, 0.3) is 0 Å². The Bertz CT molecular complexity index is 374. The second kappa shape index (κ2) is 6.86. The van der Waals surface area contributed by atoms with Crippen LogP contribution in [0.2, 0.25) is 0 Å². The lowest BCUT2D eigenvalue weighted by molar-refractivity contribution is 0.0845. The summed E-state index contributed by atoms with van der Waals surface area (Å²) in [6, 6.07) is 1.04. The van der Waals surface area contributed by atoms with Gasteiger partial charge in [-0.15, -0.1) is 5.10 Å². The molecule has 1 aromatic rings. The molecule has 1 aliphatic rings. The molecule has 0 radical (unpaired) electrons. The highest BCUT2D eigenvalue weighted by Gasteiger charge is 2.22. The molecule has 108 valence electrons. The summed E-state index contributed by atoms with van der Waals surface area (Å²) in [7, 11) is 2.01. The molecule has 1 aromatic heterocycles. The highest BCUT2D eigenvalue weighted by molar-refractivity contribution is 5.24. The van der Waals surface area contributed by atoms with Gasteiger partial charge < -0.3 is 19.4 Å². The second-order valence-electron chi connectivity index (χ2n) is 5.46. The van der Waals surface area contributed by atoms with Crippen molar-refractivity contribution in [2.24, 2.45) is 5.92 Å². The standard InChI is InChI=1S/C13H24N4O2/c1-10(2)8-14-9-12-15-16-13(19-12)17(3)11-4-6-18-7-5-11/h10-11,14H,4-9H2,1-3H3. The lowest BCUT2D eigenvalue weighted by atomic mass is 10.1. The summed E-state index contributed by atoms with van der Waals surface area (Å²) < 4.78 is 11.0. The Morgan fingerprint density at radius 2 is 2.05 bits per heavy atom. The Labute approximate surface area is 114 Å². The quantitative estimate of drug-likeness (QED) is 0.842. The molecule has 1 saturated heterocycles. The Morgan fingerprint density at radius 3 is 2.74 bits per heavy atom. The maximum Gasteiger partial charge on any atom is 0.318 e. The molecule has 6 nitrogen and oxygen atoms in total. The molecule has 0 aromatic carbocycles. The molecule has 2 heterocycles. The molecular formula is C13H24N4O2. The van der Waals surface area contributed by atoms with Gasteiger partial charge in [0.15, 0.2) is 0 Å².